The summed E-state index contributed by atoms with van der Waals surface area (Å²) in [5.74, 6) is 0.360. The zero-order chi connectivity index (χ0) is 11.0. The van der Waals surface area contributed by atoms with E-state index >= 15 is 0 Å². The van der Waals surface area contributed by atoms with E-state index in [2.05, 4.69) is 15.1 Å². The maximum absolute atomic E-state index is 5.67. The highest BCUT2D eigenvalue weighted by atomic mass is 16.5. The van der Waals surface area contributed by atoms with E-state index in [-0.39, 0.29) is 0 Å². The molecular formula is C11H8N4O. The topological polar surface area (TPSA) is 77.8 Å². The van der Waals surface area contributed by atoms with Crippen LogP contribution in [0.5, 0.6) is 0 Å². The Hall–Kier alpha value is -2.43. The maximum atomic E-state index is 5.67. The number of pyridine rings is 2. The van der Waals surface area contributed by atoms with Gasteiger partial charge >= 0.3 is 0 Å². The summed E-state index contributed by atoms with van der Waals surface area (Å²) in [6, 6.07) is 5.72. The van der Waals surface area contributed by atoms with Crippen LogP contribution in [-0.2, 0) is 0 Å². The summed E-state index contributed by atoms with van der Waals surface area (Å²) in [5, 5.41) is 4.39. The van der Waals surface area contributed by atoms with Crippen molar-refractivity contribution in [1.82, 2.24) is 15.1 Å². The van der Waals surface area contributed by atoms with Crippen LogP contribution in [0.3, 0.4) is 0 Å². The molecule has 5 nitrogen and oxygen atoms in total. The molecule has 0 saturated carbocycles. The van der Waals surface area contributed by atoms with E-state index in [4.69, 9.17) is 10.3 Å². The molecule has 16 heavy (non-hydrogen) atoms. The van der Waals surface area contributed by atoms with Crippen molar-refractivity contribution >= 4 is 16.9 Å². The Kier molecular flexibility index (Phi) is 1.83. The third-order valence-electron chi connectivity index (χ3n) is 2.37. The molecule has 0 bridgehead atoms. The van der Waals surface area contributed by atoms with Gasteiger partial charge in [0.05, 0.1) is 5.39 Å². The van der Waals surface area contributed by atoms with Gasteiger partial charge in [0.25, 0.3) is 5.71 Å². The number of rotatable bonds is 1. The van der Waals surface area contributed by atoms with Gasteiger partial charge in [0.1, 0.15) is 0 Å². The minimum Gasteiger partial charge on any atom is -0.380 e. The molecular weight excluding hydrogens is 204 g/mol. The van der Waals surface area contributed by atoms with Crippen molar-refractivity contribution in [2.45, 2.75) is 0 Å². The van der Waals surface area contributed by atoms with E-state index in [0.717, 1.165) is 16.5 Å². The Bertz CT molecular complexity index is 633. The zero-order valence-electron chi connectivity index (χ0n) is 8.29. The van der Waals surface area contributed by atoms with Gasteiger partial charge in [-0.25, -0.2) is 4.98 Å². The number of fused-ring (bicyclic) bond motifs is 1. The molecule has 2 N–H and O–H groups in total. The Morgan fingerprint density at radius 2 is 1.94 bits per heavy atom. The summed E-state index contributed by atoms with van der Waals surface area (Å²) in [6.45, 7) is 0. The fourth-order valence-electron chi connectivity index (χ4n) is 1.55. The first-order valence-corrected chi connectivity index (χ1v) is 4.76. The molecule has 0 saturated heterocycles. The highest BCUT2D eigenvalue weighted by Gasteiger charge is 2.07. The summed E-state index contributed by atoms with van der Waals surface area (Å²) >= 11 is 0. The van der Waals surface area contributed by atoms with E-state index in [1.54, 1.807) is 18.6 Å². The van der Waals surface area contributed by atoms with E-state index < -0.39 is 0 Å². The minimum absolute atomic E-state index is 0.360. The van der Waals surface area contributed by atoms with Gasteiger partial charge in [0.15, 0.2) is 5.82 Å². The van der Waals surface area contributed by atoms with Crippen molar-refractivity contribution in [2.75, 3.05) is 5.73 Å². The van der Waals surface area contributed by atoms with Crippen LogP contribution in [0, 0.1) is 0 Å². The monoisotopic (exact) mass is 212 g/mol. The summed E-state index contributed by atoms with van der Waals surface area (Å²) in [4.78, 5) is 8.11. The molecule has 5 heteroatoms. The highest BCUT2D eigenvalue weighted by Crippen LogP contribution is 2.24. The van der Waals surface area contributed by atoms with Crippen molar-refractivity contribution < 1.29 is 4.52 Å². The van der Waals surface area contributed by atoms with Crippen LogP contribution in [0.15, 0.2) is 41.3 Å². The molecule has 0 fully saturated rings. The van der Waals surface area contributed by atoms with Gasteiger partial charge < -0.3 is 10.3 Å². The van der Waals surface area contributed by atoms with Gasteiger partial charge in [-0.15, -0.1) is 0 Å². The van der Waals surface area contributed by atoms with Crippen LogP contribution >= 0.6 is 0 Å². The van der Waals surface area contributed by atoms with Gasteiger partial charge in [0, 0.05) is 24.2 Å². The lowest BCUT2D eigenvalue weighted by Crippen LogP contribution is -1.85. The molecule has 78 valence electrons. The van der Waals surface area contributed by atoms with Crippen LogP contribution in [0.25, 0.3) is 22.2 Å². The molecule has 0 amide bonds. The summed E-state index contributed by atoms with van der Waals surface area (Å²) in [5.41, 5.74) is 8.12. The number of hydrogen-bond acceptors (Lipinski definition) is 5. The van der Waals surface area contributed by atoms with Gasteiger partial charge in [-0.05, 0) is 23.8 Å². The molecule has 0 radical (unpaired) electrons. The summed E-state index contributed by atoms with van der Waals surface area (Å²) in [7, 11) is 0. The second-order valence-electron chi connectivity index (χ2n) is 3.38. The van der Waals surface area contributed by atoms with E-state index in [0.29, 0.717) is 11.5 Å². The zero-order valence-corrected chi connectivity index (χ0v) is 8.29. The second kappa shape index (κ2) is 3.30. The Labute approximate surface area is 90.9 Å². The van der Waals surface area contributed by atoms with Gasteiger partial charge in [-0.3, -0.25) is 4.98 Å². The summed E-state index contributed by atoms with van der Waals surface area (Å²) in [6.07, 6.45) is 5.19. The first-order valence-electron chi connectivity index (χ1n) is 4.76. The van der Waals surface area contributed by atoms with E-state index in [1.807, 2.05) is 18.2 Å². The van der Waals surface area contributed by atoms with Gasteiger partial charge in [-0.2, -0.15) is 0 Å². The molecule has 3 rings (SSSR count). The molecule has 3 heterocycles. The Morgan fingerprint density at radius 1 is 1.12 bits per heavy atom. The summed E-state index contributed by atoms with van der Waals surface area (Å²) < 4.78 is 4.94. The lowest BCUT2D eigenvalue weighted by atomic mass is 10.1. The van der Waals surface area contributed by atoms with Crippen LogP contribution in [-0.4, -0.2) is 15.1 Å². The van der Waals surface area contributed by atoms with Crippen LogP contribution < -0.4 is 5.73 Å². The molecule has 0 atom stereocenters. The van der Waals surface area contributed by atoms with Crippen molar-refractivity contribution in [1.29, 1.82) is 0 Å². The van der Waals surface area contributed by atoms with E-state index in [9.17, 15) is 0 Å². The van der Waals surface area contributed by atoms with Gasteiger partial charge in [0.2, 0.25) is 0 Å². The normalized spacial score (nSPS) is 10.8. The average Bonchev–Trinajstić information content (AvgIpc) is 2.72. The molecule has 0 aromatic carbocycles. The van der Waals surface area contributed by atoms with E-state index in [1.165, 1.54) is 0 Å². The lowest BCUT2D eigenvalue weighted by molar-refractivity contribution is 0.452. The number of aromatic nitrogens is 3. The average molecular weight is 212 g/mol. The quantitative estimate of drug-likeness (QED) is 0.666. The standard InChI is InChI=1S/C11H8N4O/c12-10-9-5-8(6-14-11(9)16-15-10)7-1-3-13-4-2-7/h1-6H,(H2,12,15). The lowest BCUT2D eigenvalue weighted by Gasteiger charge is -1.99. The number of nitrogens with two attached hydrogens (primary N) is 1. The number of anilines is 1. The maximum Gasteiger partial charge on any atom is 0.259 e. The van der Waals surface area contributed by atoms with Crippen LogP contribution in [0.2, 0.25) is 0 Å². The van der Waals surface area contributed by atoms with Crippen molar-refractivity contribution in [3.63, 3.8) is 0 Å². The second-order valence-corrected chi connectivity index (χ2v) is 3.38. The molecule has 0 aliphatic heterocycles. The number of nitrogen functional groups attached to an aromatic ring is 1. The third kappa shape index (κ3) is 1.30. The fourth-order valence-corrected chi connectivity index (χ4v) is 1.55. The third-order valence-corrected chi connectivity index (χ3v) is 2.37. The number of hydrogen-bond donors (Lipinski definition) is 1. The Balaban J connectivity index is 2.22. The Morgan fingerprint density at radius 3 is 2.75 bits per heavy atom. The first-order chi connectivity index (χ1) is 7.84. The first kappa shape index (κ1) is 8.84. The van der Waals surface area contributed by atoms with Crippen molar-refractivity contribution in [3.05, 3.63) is 36.8 Å². The minimum atomic E-state index is 0.360. The van der Waals surface area contributed by atoms with Crippen LogP contribution in [0.1, 0.15) is 0 Å². The highest BCUT2D eigenvalue weighted by molar-refractivity contribution is 5.87. The van der Waals surface area contributed by atoms with Gasteiger partial charge in [-0.1, -0.05) is 5.16 Å². The molecule has 3 aromatic heterocycles. The molecule has 3 aromatic rings. The number of nitrogens with zero attached hydrogens (tertiary/aromatic N) is 3. The largest absolute Gasteiger partial charge is 0.380 e. The predicted molar refractivity (Wildman–Crippen MR) is 59.4 cm³/mol. The smallest absolute Gasteiger partial charge is 0.259 e. The van der Waals surface area contributed by atoms with Crippen molar-refractivity contribution in [3.8, 4) is 11.1 Å². The van der Waals surface area contributed by atoms with Crippen LogP contribution in [0.4, 0.5) is 5.82 Å². The fraction of sp³-hybridized carbons (Fsp3) is 0. The SMILES string of the molecule is Nc1noc2ncc(-c3ccncc3)cc12. The molecule has 0 spiro atoms. The predicted octanol–water partition coefficient (Wildman–Crippen LogP) is 1.87. The molecule has 0 unspecified atom stereocenters. The van der Waals surface area contributed by atoms with Crippen molar-refractivity contribution in [2.24, 2.45) is 0 Å². The molecule has 0 aliphatic rings. The molecule has 0 aliphatic carbocycles.